The summed E-state index contributed by atoms with van der Waals surface area (Å²) in [5.41, 5.74) is 2.72. The van der Waals surface area contributed by atoms with Gasteiger partial charge in [-0.2, -0.15) is 0 Å². The van der Waals surface area contributed by atoms with Crippen molar-refractivity contribution in [1.82, 2.24) is 10.3 Å². The van der Waals surface area contributed by atoms with Gasteiger partial charge in [-0.25, -0.2) is 14.8 Å². The van der Waals surface area contributed by atoms with E-state index in [1.165, 1.54) is 19.3 Å². The quantitative estimate of drug-likeness (QED) is 0.464. The first-order chi connectivity index (χ1) is 14.4. The van der Waals surface area contributed by atoms with Gasteiger partial charge in [0, 0.05) is 18.1 Å². The topological polar surface area (TPSA) is 84.6 Å². The third kappa shape index (κ3) is 4.59. The molecule has 2 atom stereocenters. The second-order valence-electron chi connectivity index (χ2n) is 8.64. The summed E-state index contributed by atoms with van der Waals surface area (Å²) >= 11 is 5.71. The number of urea groups is 1. The van der Waals surface area contributed by atoms with E-state index in [1.807, 2.05) is 6.92 Å². The fourth-order valence-corrected chi connectivity index (χ4v) is 4.57. The van der Waals surface area contributed by atoms with Gasteiger partial charge in [0.05, 0.1) is 22.7 Å². The lowest BCUT2D eigenvalue weighted by atomic mass is 9.85. The van der Waals surface area contributed by atoms with Gasteiger partial charge < -0.3 is 9.73 Å². The van der Waals surface area contributed by atoms with Crippen LogP contribution in [0.2, 0.25) is 0 Å². The maximum atomic E-state index is 12.3. The molecule has 6 nitrogen and oxygen atoms in total. The van der Waals surface area contributed by atoms with Crippen molar-refractivity contribution in [2.24, 2.45) is 10.9 Å². The first kappa shape index (κ1) is 21.0. The molecule has 1 aromatic heterocycles. The van der Waals surface area contributed by atoms with E-state index in [9.17, 15) is 9.59 Å². The summed E-state index contributed by atoms with van der Waals surface area (Å²) in [6.45, 7) is 5.39. The number of carbonyl (C=O) groups excluding carboxylic acids is 2. The van der Waals surface area contributed by atoms with Gasteiger partial charge in [0.2, 0.25) is 5.89 Å². The van der Waals surface area contributed by atoms with Gasteiger partial charge in [0.25, 0.3) is 0 Å². The summed E-state index contributed by atoms with van der Waals surface area (Å²) in [5.74, 6) is 0.857. The van der Waals surface area contributed by atoms with Crippen LogP contribution in [-0.2, 0) is 4.79 Å². The Bertz CT molecular complexity index is 907. The first-order valence-electron chi connectivity index (χ1n) is 10.8. The molecular formula is C23H28ClN3O3. The number of hydrogen-bond acceptors (Lipinski definition) is 4. The van der Waals surface area contributed by atoms with Crippen LogP contribution in [0.25, 0.3) is 0 Å². The molecule has 0 radical (unpaired) electrons. The van der Waals surface area contributed by atoms with Crippen LogP contribution in [0.1, 0.15) is 81.7 Å². The van der Waals surface area contributed by atoms with Crippen LogP contribution >= 0.6 is 11.6 Å². The van der Waals surface area contributed by atoms with E-state index in [1.54, 1.807) is 12.3 Å². The zero-order valence-electron chi connectivity index (χ0n) is 17.3. The van der Waals surface area contributed by atoms with E-state index in [2.05, 4.69) is 16.9 Å². The van der Waals surface area contributed by atoms with Crippen LogP contribution in [0, 0.1) is 5.92 Å². The summed E-state index contributed by atoms with van der Waals surface area (Å²) in [4.78, 5) is 33.4. The minimum atomic E-state index is -0.349. The van der Waals surface area contributed by atoms with Gasteiger partial charge in [-0.15, -0.1) is 0 Å². The highest BCUT2D eigenvalue weighted by Crippen LogP contribution is 2.41. The largest absolute Gasteiger partial charge is 0.448 e. The Balaban J connectivity index is 1.63. The van der Waals surface area contributed by atoms with Gasteiger partial charge in [0.15, 0.2) is 5.78 Å². The van der Waals surface area contributed by atoms with Crippen molar-refractivity contribution in [2.75, 3.05) is 0 Å². The number of ketones is 1. The highest BCUT2D eigenvalue weighted by Gasteiger charge is 2.44. The predicted molar refractivity (Wildman–Crippen MR) is 116 cm³/mol. The Labute approximate surface area is 181 Å². The van der Waals surface area contributed by atoms with Crippen molar-refractivity contribution in [3.63, 3.8) is 0 Å². The number of nitrogens with zero attached hydrogens (tertiary/aromatic N) is 2. The first-order valence-corrected chi connectivity index (χ1v) is 11.2. The molecule has 30 heavy (non-hydrogen) atoms. The minimum Gasteiger partial charge on any atom is -0.448 e. The van der Waals surface area contributed by atoms with E-state index < -0.39 is 0 Å². The Morgan fingerprint density at radius 1 is 1.27 bits per heavy atom. The number of halogens is 1. The predicted octanol–water partition coefficient (Wildman–Crippen LogP) is 5.41. The maximum absolute atomic E-state index is 12.3. The Kier molecular flexibility index (Phi) is 6.23. The minimum absolute atomic E-state index is 0.00772. The number of aromatic nitrogens is 1. The van der Waals surface area contributed by atoms with Crippen LogP contribution in [-0.4, -0.2) is 28.6 Å². The number of rotatable bonds is 7. The van der Waals surface area contributed by atoms with Crippen LogP contribution in [0.5, 0.6) is 0 Å². The average molecular weight is 430 g/mol. The molecule has 2 heterocycles. The Hall–Kier alpha value is -2.21. The summed E-state index contributed by atoms with van der Waals surface area (Å²) in [6, 6.07) is -0.696. The second-order valence-corrected chi connectivity index (χ2v) is 9.10. The number of oxazole rings is 1. The van der Waals surface area contributed by atoms with Crippen LogP contribution in [0.4, 0.5) is 4.79 Å². The van der Waals surface area contributed by atoms with Crippen LogP contribution in [0.15, 0.2) is 38.9 Å². The van der Waals surface area contributed by atoms with E-state index in [4.69, 9.17) is 21.0 Å². The highest BCUT2D eigenvalue weighted by molar-refractivity contribution is 6.42. The molecule has 160 valence electrons. The molecule has 3 aliphatic rings. The standard InChI is InChI=1S/C23H28ClN3O3/c1-13(8-11-18(28)14(2)24)20-19(21(16-9-10-16)27-23(29)26-20)22-25-17(12-30-22)15-6-4-3-5-7-15/h8,12,15-16,19-20H,2-7,9-11H2,1H3,(H,26,29)/b13-8+. The summed E-state index contributed by atoms with van der Waals surface area (Å²) in [7, 11) is 0. The molecule has 0 saturated heterocycles. The molecule has 4 rings (SSSR count). The van der Waals surface area contributed by atoms with Gasteiger partial charge in [0.1, 0.15) is 6.26 Å². The summed E-state index contributed by atoms with van der Waals surface area (Å²) < 4.78 is 5.97. The number of aliphatic imine (C=N–C) groups is 1. The van der Waals surface area contributed by atoms with E-state index in [0.29, 0.717) is 17.7 Å². The van der Waals surface area contributed by atoms with E-state index >= 15 is 0 Å². The third-order valence-corrected chi connectivity index (χ3v) is 6.60. The van der Waals surface area contributed by atoms with E-state index in [-0.39, 0.29) is 35.2 Å². The molecule has 1 aliphatic heterocycles. The summed E-state index contributed by atoms with van der Waals surface area (Å²) in [6.07, 6.45) is 11.8. The molecule has 2 unspecified atom stereocenters. The lowest BCUT2D eigenvalue weighted by Crippen LogP contribution is -2.47. The molecule has 0 aromatic carbocycles. The monoisotopic (exact) mass is 429 g/mol. The molecule has 2 amide bonds. The van der Waals surface area contributed by atoms with Crippen LogP contribution < -0.4 is 5.32 Å². The van der Waals surface area contributed by atoms with Gasteiger partial charge in [-0.05, 0) is 38.5 Å². The Morgan fingerprint density at radius 2 is 2.00 bits per heavy atom. The second kappa shape index (κ2) is 8.88. The van der Waals surface area contributed by atoms with Crippen molar-refractivity contribution in [3.8, 4) is 0 Å². The van der Waals surface area contributed by atoms with Crippen molar-refractivity contribution in [1.29, 1.82) is 0 Å². The molecule has 2 aliphatic carbocycles. The average Bonchev–Trinajstić information content (AvgIpc) is 3.48. The molecule has 2 fully saturated rings. The number of hydrogen-bond donors (Lipinski definition) is 1. The van der Waals surface area contributed by atoms with Crippen molar-refractivity contribution >= 4 is 29.1 Å². The number of amides is 2. The number of carbonyl (C=O) groups is 2. The smallest absolute Gasteiger partial charge is 0.341 e. The zero-order chi connectivity index (χ0) is 21.3. The lowest BCUT2D eigenvalue weighted by Gasteiger charge is -2.31. The summed E-state index contributed by atoms with van der Waals surface area (Å²) in [5, 5.41) is 2.97. The molecule has 2 saturated carbocycles. The van der Waals surface area contributed by atoms with Crippen LogP contribution in [0.3, 0.4) is 0 Å². The third-order valence-electron chi connectivity index (χ3n) is 6.39. The maximum Gasteiger partial charge on any atom is 0.341 e. The van der Waals surface area contributed by atoms with E-state index in [0.717, 1.165) is 42.7 Å². The zero-order valence-corrected chi connectivity index (χ0v) is 18.1. The SMILES string of the molecule is C=C(Cl)C(=O)C/C=C(\C)C1NC(=O)N=C(C2CC2)C1c1nc(C2CCCCC2)co1. The highest BCUT2D eigenvalue weighted by atomic mass is 35.5. The number of nitrogens with one attached hydrogen (secondary N) is 1. The van der Waals surface area contributed by atoms with Gasteiger partial charge >= 0.3 is 6.03 Å². The van der Waals surface area contributed by atoms with Crippen molar-refractivity contribution < 1.29 is 14.0 Å². The van der Waals surface area contributed by atoms with Crippen molar-refractivity contribution in [3.05, 3.63) is 41.1 Å². The van der Waals surface area contributed by atoms with Crippen molar-refractivity contribution in [2.45, 2.75) is 76.2 Å². The lowest BCUT2D eigenvalue weighted by molar-refractivity contribution is -0.114. The van der Waals surface area contributed by atoms with Gasteiger partial charge in [-0.1, -0.05) is 49.1 Å². The molecule has 7 heteroatoms. The molecule has 0 bridgehead atoms. The fourth-order valence-electron chi connectivity index (χ4n) is 4.50. The number of Topliss-reactive ketones (excluding diaryl/α,β-unsaturated/α-hetero) is 1. The molecule has 1 N–H and O–H groups in total. The molecule has 0 spiro atoms. The normalized spacial score (nSPS) is 25.6. The molecule has 1 aromatic rings. The molecular weight excluding hydrogens is 402 g/mol. The fraction of sp³-hybridized carbons (Fsp3) is 0.565. The number of allylic oxidation sites excluding steroid dienone is 2. The Morgan fingerprint density at radius 3 is 2.67 bits per heavy atom. The van der Waals surface area contributed by atoms with Gasteiger partial charge in [-0.3, -0.25) is 4.79 Å².